The standard InChI is InChI=1S/C13H15N3O.C11H11BrN2/c1-3-14-13-7-4-10-8-11(15-9(2)17)5-6-12(10)16-13;1-2-13-11-6-3-8-7-9(12)4-5-10(8)14-11/h4-8H,3H2,1-2H3,(H,14,16)(H,15,17);3-7H,2H2,1H3,(H,13,14). The van der Waals surface area contributed by atoms with Crippen molar-refractivity contribution in [2.45, 2.75) is 20.8 Å². The first-order valence-corrected chi connectivity index (χ1v) is 11.0. The van der Waals surface area contributed by atoms with E-state index in [0.29, 0.717) is 0 Å². The fourth-order valence-corrected chi connectivity index (χ4v) is 3.44. The summed E-state index contributed by atoms with van der Waals surface area (Å²) in [5.74, 6) is 1.73. The van der Waals surface area contributed by atoms with Gasteiger partial charge in [0.05, 0.1) is 11.0 Å². The second kappa shape index (κ2) is 10.7. The van der Waals surface area contributed by atoms with E-state index in [1.165, 1.54) is 6.92 Å². The minimum Gasteiger partial charge on any atom is -0.370 e. The lowest BCUT2D eigenvalue weighted by atomic mass is 10.2. The lowest BCUT2D eigenvalue weighted by Crippen LogP contribution is -2.05. The molecular weight excluding hydrogens is 454 g/mol. The smallest absolute Gasteiger partial charge is 0.221 e. The number of amides is 1. The van der Waals surface area contributed by atoms with E-state index < -0.39 is 0 Å². The zero-order valence-electron chi connectivity index (χ0n) is 17.9. The van der Waals surface area contributed by atoms with Gasteiger partial charge in [-0.15, -0.1) is 0 Å². The van der Waals surface area contributed by atoms with Crippen LogP contribution in [-0.4, -0.2) is 29.0 Å². The van der Waals surface area contributed by atoms with Crippen molar-refractivity contribution in [1.29, 1.82) is 0 Å². The molecule has 0 unspecified atom stereocenters. The van der Waals surface area contributed by atoms with Crippen molar-refractivity contribution in [3.8, 4) is 0 Å². The average molecular weight is 480 g/mol. The Morgan fingerprint density at radius 2 is 1.35 bits per heavy atom. The van der Waals surface area contributed by atoms with Crippen LogP contribution in [0.15, 0.2) is 65.1 Å². The van der Waals surface area contributed by atoms with E-state index in [0.717, 1.165) is 56.7 Å². The van der Waals surface area contributed by atoms with Crippen LogP contribution < -0.4 is 16.0 Å². The highest BCUT2D eigenvalue weighted by Gasteiger charge is 2.01. The molecule has 160 valence electrons. The molecule has 2 heterocycles. The molecule has 31 heavy (non-hydrogen) atoms. The average Bonchev–Trinajstić information content (AvgIpc) is 2.74. The molecule has 4 aromatic rings. The molecule has 0 aliphatic carbocycles. The molecule has 3 N–H and O–H groups in total. The Balaban J connectivity index is 0.000000179. The molecule has 7 heteroatoms. The summed E-state index contributed by atoms with van der Waals surface area (Å²) in [6.45, 7) is 7.34. The van der Waals surface area contributed by atoms with Gasteiger partial charge in [-0.2, -0.15) is 0 Å². The molecule has 0 bridgehead atoms. The van der Waals surface area contributed by atoms with Crippen molar-refractivity contribution < 1.29 is 4.79 Å². The van der Waals surface area contributed by atoms with Gasteiger partial charge in [-0.1, -0.05) is 15.9 Å². The molecule has 0 aliphatic heterocycles. The third kappa shape index (κ3) is 6.39. The summed E-state index contributed by atoms with van der Waals surface area (Å²) in [6, 6.07) is 19.8. The Morgan fingerprint density at radius 1 is 0.806 bits per heavy atom. The van der Waals surface area contributed by atoms with Crippen LogP contribution >= 0.6 is 15.9 Å². The van der Waals surface area contributed by atoms with Gasteiger partial charge in [0.25, 0.3) is 0 Å². The minimum atomic E-state index is -0.0680. The number of anilines is 3. The fraction of sp³-hybridized carbons (Fsp3) is 0.208. The molecule has 0 aliphatic rings. The second-order valence-corrected chi connectivity index (χ2v) is 7.80. The number of nitrogens with zero attached hydrogens (tertiary/aromatic N) is 2. The Morgan fingerprint density at radius 3 is 1.90 bits per heavy atom. The lowest BCUT2D eigenvalue weighted by Gasteiger charge is -2.06. The maximum atomic E-state index is 11.0. The number of nitrogens with one attached hydrogen (secondary N) is 3. The van der Waals surface area contributed by atoms with Crippen molar-refractivity contribution in [3.63, 3.8) is 0 Å². The summed E-state index contributed by atoms with van der Waals surface area (Å²) in [6.07, 6.45) is 0. The molecule has 0 radical (unpaired) electrons. The molecule has 0 saturated carbocycles. The van der Waals surface area contributed by atoms with Gasteiger partial charge in [-0.05, 0) is 74.5 Å². The Kier molecular flexibility index (Phi) is 7.78. The number of benzene rings is 2. The number of carbonyl (C=O) groups is 1. The van der Waals surface area contributed by atoms with Crippen LogP contribution in [0.1, 0.15) is 20.8 Å². The molecule has 0 saturated heterocycles. The summed E-state index contributed by atoms with van der Waals surface area (Å²) in [7, 11) is 0. The molecule has 0 atom stereocenters. The Bertz CT molecular complexity index is 1200. The zero-order valence-corrected chi connectivity index (χ0v) is 19.5. The maximum absolute atomic E-state index is 11.0. The van der Waals surface area contributed by atoms with E-state index in [2.05, 4.69) is 60.9 Å². The van der Waals surface area contributed by atoms with Gasteiger partial charge in [-0.3, -0.25) is 4.79 Å². The first kappa shape index (κ1) is 22.5. The number of carbonyl (C=O) groups excluding carboxylic acids is 1. The molecule has 0 fully saturated rings. The van der Waals surface area contributed by atoms with E-state index >= 15 is 0 Å². The van der Waals surface area contributed by atoms with E-state index in [1.807, 2.05) is 55.5 Å². The highest BCUT2D eigenvalue weighted by molar-refractivity contribution is 9.10. The van der Waals surface area contributed by atoms with Crippen molar-refractivity contribution in [1.82, 2.24) is 9.97 Å². The summed E-state index contributed by atoms with van der Waals surface area (Å²) >= 11 is 3.44. The van der Waals surface area contributed by atoms with Crippen LogP contribution in [0.5, 0.6) is 0 Å². The van der Waals surface area contributed by atoms with Crippen molar-refractivity contribution in [2.75, 3.05) is 29.0 Å². The van der Waals surface area contributed by atoms with Crippen molar-refractivity contribution in [2.24, 2.45) is 0 Å². The van der Waals surface area contributed by atoms with Gasteiger partial charge in [-0.25, -0.2) is 9.97 Å². The van der Waals surface area contributed by atoms with E-state index in [1.54, 1.807) is 0 Å². The van der Waals surface area contributed by atoms with E-state index in [4.69, 9.17) is 0 Å². The summed E-state index contributed by atoms with van der Waals surface area (Å²) in [4.78, 5) is 19.9. The van der Waals surface area contributed by atoms with Crippen LogP contribution in [0.4, 0.5) is 17.3 Å². The Labute approximate surface area is 190 Å². The van der Waals surface area contributed by atoms with Crippen molar-refractivity contribution in [3.05, 3.63) is 65.1 Å². The zero-order chi connectivity index (χ0) is 22.2. The minimum absolute atomic E-state index is 0.0680. The Hall–Kier alpha value is -3.19. The normalized spacial score (nSPS) is 10.3. The number of hydrogen-bond acceptors (Lipinski definition) is 5. The molecule has 2 aromatic heterocycles. The largest absolute Gasteiger partial charge is 0.370 e. The highest BCUT2D eigenvalue weighted by Crippen LogP contribution is 2.20. The predicted octanol–water partition coefficient (Wildman–Crippen LogP) is 6.05. The molecule has 4 rings (SSSR count). The highest BCUT2D eigenvalue weighted by atomic mass is 79.9. The van der Waals surface area contributed by atoms with Crippen LogP contribution in [0, 0.1) is 0 Å². The SMILES string of the molecule is CCNc1ccc2cc(Br)ccc2n1.CCNc1ccc2cc(NC(C)=O)ccc2n1. The van der Waals surface area contributed by atoms with Gasteiger partial charge < -0.3 is 16.0 Å². The number of hydrogen-bond donors (Lipinski definition) is 3. The topological polar surface area (TPSA) is 78.9 Å². The number of rotatable bonds is 5. The van der Waals surface area contributed by atoms with E-state index in [-0.39, 0.29) is 5.91 Å². The lowest BCUT2D eigenvalue weighted by molar-refractivity contribution is -0.114. The second-order valence-electron chi connectivity index (χ2n) is 6.88. The maximum Gasteiger partial charge on any atom is 0.221 e. The number of pyridine rings is 2. The van der Waals surface area contributed by atoms with E-state index in [9.17, 15) is 4.79 Å². The third-order valence-electron chi connectivity index (χ3n) is 4.38. The number of halogens is 1. The molecule has 2 aromatic carbocycles. The quantitative estimate of drug-likeness (QED) is 0.324. The molecule has 1 amide bonds. The van der Waals surface area contributed by atoms with Crippen LogP contribution in [0.25, 0.3) is 21.8 Å². The van der Waals surface area contributed by atoms with Crippen LogP contribution in [0.3, 0.4) is 0 Å². The van der Waals surface area contributed by atoms with Gasteiger partial charge in [0.15, 0.2) is 0 Å². The van der Waals surface area contributed by atoms with Gasteiger partial charge >= 0.3 is 0 Å². The molecular formula is C24H26BrN5O. The molecule has 6 nitrogen and oxygen atoms in total. The van der Waals surface area contributed by atoms with Crippen LogP contribution in [-0.2, 0) is 4.79 Å². The first-order valence-electron chi connectivity index (χ1n) is 10.2. The molecule has 0 spiro atoms. The van der Waals surface area contributed by atoms with Gasteiger partial charge in [0.1, 0.15) is 11.6 Å². The monoisotopic (exact) mass is 479 g/mol. The summed E-state index contributed by atoms with van der Waals surface area (Å²) < 4.78 is 1.09. The number of fused-ring (bicyclic) bond motifs is 2. The summed E-state index contributed by atoms with van der Waals surface area (Å²) in [5, 5.41) is 11.3. The van der Waals surface area contributed by atoms with Crippen molar-refractivity contribution >= 4 is 61.0 Å². The summed E-state index contributed by atoms with van der Waals surface area (Å²) in [5.41, 5.74) is 2.73. The predicted molar refractivity (Wildman–Crippen MR) is 134 cm³/mol. The fourth-order valence-electron chi connectivity index (χ4n) is 3.06. The van der Waals surface area contributed by atoms with Crippen LogP contribution in [0.2, 0.25) is 0 Å². The first-order chi connectivity index (χ1) is 15.0. The van der Waals surface area contributed by atoms with Gasteiger partial charge in [0.2, 0.25) is 5.91 Å². The number of aromatic nitrogens is 2. The third-order valence-corrected chi connectivity index (χ3v) is 4.87. The van der Waals surface area contributed by atoms with Gasteiger partial charge in [0, 0.05) is 40.9 Å².